The number of aliphatic imine (C=N–C) groups is 1. The van der Waals surface area contributed by atoms with Crippen molar-refractivity contribution in [1.82, 2.24) is 30.9 Å². The van der Waals surface area contributed by atoms with Crippen molar-refractivity contribution in [1.29, 1.82) is 0 Å². The van der Waals surface area contributed by atoms with Gasteiger partial charge in [0.05, 0.1) is 4.90 Å². The van der Waals surface area contributed by atoms with E-state index in [1.807, 2.05) is 69.3 Å². The van der Waals surface area contributed by atoms with Crippen LogP contribution in [0.1, 0.15) is 104 Å². The fourth-order valence-corrected chi connectivity index (χ4v) is 11.1. The molecule has 0 unspecified atom stereocenters. The molecule has 6 rings (SSSR count). The Morgan fingerprint density at radius 1 is 0.878 bits per heavy atom. The molecule has 74 heavy (non-hydrogen) atoms. The highest BCUT2D eigenvalue weighted by Crippen LogP contribution is 2.45. The van der Waals surface area contributed by atoms with E-state index >= 15 is 0 Å². The number of ether oxygens (including phenoxy) is 2. The molecule has 0 bridgehead atoms. The first-order valence-electron chi connectivity index (χ1n) is 24.8. The van der Waals surface area contributed by atoms with E-state index in [9.17, 15) is 32.4 Å². The number of fused-ring (bicyclic) bond motifs is 4. The van der Waals surface area contributed by atoms with Gasteiger partial charge in [-0.25, -0.2) is 17.9 Å². The van der Waals surface area contributed by atoms with E-state index in [0.717, 1.165) is 27.8 Å². The van der Waals surface area contributed by atoms with Crippen LogP contribution in [0.3, 0.4) is 0 Å². The van der Waals surface area contributed by atoms with Crippen molar-refractivity contribution in [3.63, 3.8) is 0 Å². The third-order valence-corrected chi connectivity index (χ3v) is 15.2. The summed E-state index contributed by atoms with van der Waals surface area (Å²) in [4.78, 5) is 75.9. The van der Waals surface area contributed by atoms with Crippen molar-refractivity contribution in [2.75, 3.05) is 26.7 Å². The zero-order valence-corrected chi connectivity index (χ0v) is 44.4. The molecule has 0 aromatic heterocycles. The average molecular weight is 1030 g/mol. The minimum Gasteiger partial charge on any atom is -0.487 e. The molecule has 0 fully saturated rings. The Hall–Kier alpha value is -7.47. The fourth-order valence-electron chi connectivity index (χ4n) is 9.60. The lowest BCUT2D eigenvalue weighted by Crippen LogP contribution is -2.61. The van der Waals surface area contributed by atoms with E-state index in [-0.39, 0.29) is 56.2 Å². The van der Waals surface area contributed by atoms with E-state index in [1.165, 1.54) is 17.9 Å². The van der Waals surface area contributed by atoms with E-state index < -0.39 is 75.0 Å². The first-order valence-corrected chi connectivity index (χ1v) is 26.3. The van der Waals surface area contributed by atoms with Crippen LogP contribution in [-0.2, 0) is 40.4 Å². The van der Waals surface area contributed by atoms with Crippen molar-refractivity contribution in [2.45, 2.75) is 121 Å². The topological polar surface area (TPSA) is 240 Å². The van der Waals surface area contributed by atoms with Crippen LogP contribution in [-0.4, -0.2) is 99.0 Å². The van der Waals surface area contributed by atoms with Crippen LogP contribution in [0, 0.1) is 20.8 Å². The summed E-state index contributed by atoms with van der Waals surface area (Å²) >= 11 is 0. The number of carbonyl (C=O) groups excluding carboxylic acids is 5. The van der Waals surface area contributed by atoms with Crippen LogP contribution in [0.25, 0.3) is 11.1 Å². The number of carbonyl (C=O) groups is 5. The molecule has 0 radical (unpaired) electrons. The first kappa shape index (κ1) is 55.8. The molecule has 0 saturated heterocycles. The summed E-state index contributed by atoms with van der Waals surface area (Å²) in [5.74, 6) is -2.53. The number of hydrogen-bond donors (Lipinski definition) is 6. The Kier molecular flexibility index (Phi) is 17.8. The molecule has 17 nitrogen and oxygen atoms in total. The Morgan fingerprint density at radius 3 is 2.09 bits per heavy atom. The van der Waals surface area contributed by atoms with Gasteiger partial charge in [-0.05, 0) is 112 Å². The van der Waals surface area contributed by atoms with Crippen LogP contribution in [0.2, 0.25) is 0 Å². The zero-order valence-electron chi connectivity index (χ0n) is 43.6. The number of nitrogens with zero attached hydrogens (tertiary/aromatic N) is 2. The SMILES string of the molecule is C=CCN(C)C(=O)[C@H](NC(=O)[C@H](CC)NC(=O)[C@H](CCCN=C(N)NS(=O)(=O)c1c(C)c(C)c2c(c1C)CC(C)(C)O2)NC(=O)[C@@](C)(CC=C)NC(=O)OCC1c2ccccc2-c2ccccc21)c1ccccc1. The molecule has 5 amide bonds. The van der Waals surface area contributed by atoms with Crippen LogP contribution >= 0.6 is 0 Å². The van der Waals surface area contributed by atoms with Crippen molar-refractivity contribution in [3.05, 3.63) is 143 Å². The maximum Gasteiger partial charge on any atom is 0.408 e. The molecule has 7 N–H and O–H groups in total. The minimum atomic E-state index is -4.22. The van der Waals surface area contributed by atoms with Crippen molar-refractivity contribution >= 4 is 45.7 Å². The largest absolute Gasteiger partial charge is 0.487 e. The van der Waals surface area contributed by atoms with Crippen molar-refractivity contribution in [3.8, 4) is 16.9 Å². The quantitative estimate of drug-likeness (QED) is 0.0218. The highest BCUT2D eigenvalue weighted by molar-refractivity contribution is 7.90. The highest BCUT2D eigenvalue weighted by Gasteiger charge is 2.40. The predicted octanol–water partition coefficient (Wildman–Crippen LogP) is 6.45. The molecule has 394 valence electrons. The summed E-state index contributed by atoms with van der Waals surface area (Å²) in [6.45, 7) is 19.9. The molecule has 4 aromatic rings. The Bertz CT molecular complexity index is 2900. The van der Waals surface area contributed by atoms with Gasteiger partial charge < -0.3 is 41.4 Å². The fraction of sp³-hybridized carbons (Fsp3) is 0.393. The molecule has 18 heteroatoms. The maximum absolute atomic E-state index is 14.4. The lowest BCUT2D eigenvalue weighted by Gasteiger charge is -2.31. The lowest BCUT2D eigenvalue weighted by molar-refractivity contribution is -0.137. The van der Waals surface area contributed by atoms with Crippen molar-refractivity contribution in [2.24, 2.45) is 10.7 Å². The lowest BCUT2D eigenvalue weighted by atomic mass is 9.94. The third-order valence-electron chi connectivity index (χ3n) is 13.6. The summed E-state index contributed by atoms with van der Waals surface area (Å²) in [5, 5.41) is 11.0. The molecule has 1 heterocycles. The number of rotatable bonds is 22. The molecule has 0 spiro atoms. The number of guanidine groups is 1. The molecular weight excluding hydrogens is 961 g/mol. The van der Waals surface area contributed by atoms with Crippen LogP contribution in [0.15, 0.2) is 114 Å². The summed E-state index contributed by atoms with van der Waals surface area (Å²) < 4.78 is 42.1. The normalized spacial score (nSPS) is 15.5. The molecule has 2 aliphatic rings. The van der Waals surface area contributed by atoms with E-state index in [2.05, 4.69) is 44.1 Å². The van der Waals surface area contributed by atoms with Gasteiger partial charge in [-0.3, -0.25) is 24.2 Å². The average Bonchev–Trinajstić information content (AvgIpc) is 3.87. The van der Waals surface area contributed by atoms with Gasteiger partial charge in [-0.1, -0.05) is 97.9 Å². The maximum atomic E-state index is 14.4. The van der Waals surface area contributed by atoms with Gasteiger partial charge in [0.2, 0.25) is 29.6 Å². The number of nitrogens with two attached hydrogens (primary N) is 1. The van der Waals surface area contributed by atoms with Gasteiger partial charge in [-0.15, -0.1) is 13.2 Å². The van der Waals surface area contributed by atoms with Crippen LogP contribution in [0.5, 0.6) is 5.75 Å². The van der Waals surface area contributed by atoms with Gasteiger partial charge in [0.1, 0.15) is 41.6 Å². The molecular formula is C56H70N8O9S. The number of nitrogens with one attached hydrogen (secondary N) is 5. The van der Waals surface area contributed by atoms with Gasteiger partial charge in [-0.2, -0.15) is 0 Å². The molecule has 1 aliphatic heterocycles. The van der Waals surface area contributed by atoms with Gasteiger partial charge in [0.15, 0.2) is 0 Å². The Balaban J connectivity index is 1.19. The van der Waals surface area contributed by atoms with E-state index in [0.29, 0.717) is 34.4 Å². The Labute approximate surface area is 434 Å². The second kappa shape index (κ2) is 23.6. The molecule has 0 saturated carbocycles. The van der Waals surface area contributed by atoms with E-state index in [1.54, 1.807) is 64.2 Å². The summed E-state index contributed by atoms with van der Waals surface area (Å²) in [7, 11) is -2.63. The number of alkyl carbamates (subject to hydrolysis) is 1. The highest BCUT2D eigenvalue weighted by atomic mass is 32.2. The number of likely N-dealkylation sites (N-methyl/N-ethyl adjacent to an activating group) is 1. The predicted molar refractivity (Wildman–Crippen MR) is 286 cm³/mol. The van der Waals surface area contributed by atoms with Gasteiger partial charge in [0, 0.05) is 38.0 Å². The third kappa shape index (κ3) is 12.6. The minimum absolute atomic E-state index is 0.0162. The first-order chi connectivity index (χ1) is 35.1. The second-order valence-corrected chi connectivity index (χ2v) is 21.3. The number of sulfonamides is 1. The number of hydrogen-bond acceptors (Lipinski definition) is 10. The monoisotopic (exact) mass is 1030 g/mol. The van der Waals surface area contributed by atoms with E-state index in [4.69, 9.17) is 15.2 Å². The Morgan fingerprint density at radius 2 is 1.49 bits per heavy atom. The zero-order chi connectivity index (χ0) is 54.1. The molecule has 4 atom stereocenters. The van der Waals surface area contributed by atoms with Crippen LogP contribution in [0.4, 0.5) is 4.79 Å². The standard InChI is InChI=1S/C56H70N8O9S/c1-11-29-56(9,62-54(69)72-33-43-40-26-19-17-24-38(40)39-25-18-20-27-41(39)43)52(68)60-45(50(66)59-44(13-3)49(65)61-46(37-22-15-14-16-23-37)51(67)64(10)31-12-2)28-21-30-58-53(57)63-74(70,71)48-35(5)34(4)47-42(36(48)6)32-55(7,8)73-47/h11-12,14-20,22-27,43-46H,1-2,13,21,28-33H2,3-10H3,(H,59,66)(H,60,68)(H,61,65)(H,62,69)(H3,57,58,63)/t44-,45-,46+,56+/m0/s1. The smallest absolute Gasteiger partial charge is 0.408 e. The second-order valence-electron chi connectivity index (χ2n) is 19.7. The number of benzene rings is 4. The summed E-state index contributed by atoms with van der Waals surface area (Å²) in [6, 6.07) is 20.9. The van der Waals surface area contributed by atoms with Crippen molar-refractivity contribution < 1.29 is 41.9 Å². The molecule has 1 aliphatic carbocycles. The summed E-state index contributed by atoms with van der Waals surface area (Å²) in [6.07, 6.45) is 2.70. The van der Waals surface area contributed by atoms with Gasteiger partial charge in [0.25, 0.3) is 10.0 Å². The summed E-state index contributed by atoms with van der Waals surface area (Å²) in [5.41, 5.74) is 11.2. The van der Waals surface area contributed by atoms with Gasteiger partial charge >= 0.3 is 6.09 Å². The number of amides is 5. The molecule has 4 aromatic carbocycles. The van der Waals surface area contributed by atoms with Crippen LogP contribution < -0.4 is 36.5 Å².